The number of halogens is 4. The summed E-state index contributed by atoms with van der Waals surface area (Å²) < 4.78 is 42.4. The number of pyridine rings is 1. The van der Waals surface area contributed by atoms with E-state index in [0.29, 0.717) is 18.3 Å². The van der Waals surface area contributed by atoms with E-state index in [1.807, 2.05) is 6.07 Å². The average molecular weight is 461 g/mol. The second-order valence-electron chi connectivity index (χ2n) is 5.87. The Labute approximate surface area is 156 Å². The summed E-state index contributed by atoms with van der Waals surface area (Å²) in [5.41, 5.74) is 0.533. The van der Waals surface area contributed by atoms with E-state index in [4.69, 9.17) is 4.84 Å². The van der Waals surface area contributed by atoms with Gasteiger partial charge in [0.05, 0.1) is 11.9 Å². The topological polar surface area (TPSA) is 46.5 Å². The lowest BCUT2D eigenvalue weighted by atomic mass is 10.1. The molecule has 8 heteroatoms. The number of aryl methyl sites for hydroxylation is 1. The largest absolute Gasteiger partial charge is 0.396 e. The molecule has 1 heterocycles. The van der Waals surface area contributed by atoms with Crippen LogP contribution in [0.2, 0.25) is 0 Å². The summed E-state index contributed by atoms with van der Waals surface area (Å²) in [6.45, 7) is 2.24. The summed E-state index contributed by atoms with van der Waals surface area (Å²) in [6, 6.07) is 2.70. The summed E-state index contributed by atoms with van der Waals surface area (Å²) in [5, 5.41) is 6.45. The van der Waals surface area contributed by atoms with Gasteiger partial charge in [-0.05, 0) is 66.0 Å². The summed E-state index contributed by atoms with van der Waals surface area (Å²) in [4.78, 5) is 9.26. The Morgan fingerprint density at radius 3 is 2.76 bits per heavy atom. The van der Waals surface area contributed by atoms with Gasteiger partial charge in [0, 0.05) is 15.3 Å². The van der Waals surface area contributed by atoms with Gasteiger partial charge >= 0.3 is 0 Å². The van der Waals surface area contributed by atoms with Gasteiger partial charge < -0.3 is 10.2 Å². The molecule has 0 radical (unpaired) electrons. The van der Waals surface area contributed by atoms with Crippen LogP contribution in [0, 0.1) is 33.9 Å². The molecule has 1 N–H and O–H groups in total. The monoisotopic (exact) mass is 461 g/mol. The van der Waals surface area contributed by atoms with Crippen molar-refractivity contribution in [2.45, 2.75) is 19.8 Å². The Morgan fingerprint density at radius 2 is 2.08 bits per heavy atom. The van der Waals surface area contributed by atoms with Crippen molar-refractivity contribution in [2.75, 3.05) is 11.9 Å². The predicted molar refractivity (Wildman–Crippen MR) is 97.6 cm³/mol. The fourth-order valence-electron chi connectivity index (χ4n) is 2.16. The molecule has 25 heavy (non-hydrogen) atoms. The first-order chi connectivity index (χ1) is 12.0. The van der Waals surface area contributed by atoms with Crippen LogP contribution >= 0.6 is 22.6 Å². The molecular weight excluding hydrogens is 446 g/mol. The Kier molecular flexibility index (Phi) is 5.45. The molecule has 0 spiro atoms. The van der Waals surface area contributed by atoms with Crippen LogP contribution in [0.25, 0.3) is 0 Å². The molecular formula is C17H15F3IN3O. The molecule has 2 aromatic rings. The summed E-state index contributed by atoms with van der Waals surface area (Å²) in [7, 11) is 0. The van der Waals surface area contributed by atoms with Crippen LogP contribution in [0.5, 0.6) is 0 Å². The van der Waals surface area contributed by atoms with Gasteiger partial charge in [-0.1, -0.05) is 5.16 Å². The third-order valence-corrected chi connectivity index (χ3v) is 4.34. The first-order valence-corrected chi connectivity index (χ1v) is 8.75. The molecule has 0 saturated heterocycles. The summed E-state index contributed by atoms with van der Waals surface area (Å²) in [5.74, 6) is -3.34. The SMILES string of the molecule is Cc1cc(I)cnc1Nc1c(/C=N/OCC2CC2)cc(F)c(F)c1F. The minimum absolute atomic E-state index is 0.0342. The maximum Gasteiger partial charge on any atom is 0.196 e. The number of anilines is 2. The highest BCUT2D eigenvalue weighted by atomic mass is 127. The number of nitrogens with one attached hydrogen (secondary N) is 1. The quantitative estimate of drug-likeness (QED) is 0.288. The van der Waals surface area contributed by atoms with Gasteiger partial charge in [0.2, 0.25) is 0 Å². The molecule has 0 unspecified atom stereocenters. The van der Waals surface area contributed by atoms with E-state index in [1.54, 1.807) is 13.1 Å². The third kappa shape index (κ3) is 4.42. The van der Waals surface area contributed by atoms with E-state index in [9.17, 15) is 13.2 Å². The van der Waals surface area contributed by atoms with Crippen molar-refractivity contribution in [3.8, 4) is 0 Å². The highest BCUT2D eigenvalue weighted by molar-refractivity contribution is 14.1. The number of oxime groups is 1. The Hall–Kier alpha value is -1.84. The summed E-state index contributed by atoms with van der Waals surface area (Å²) >= 11 is 2.10. The van der Waals surface area contributed by atoms with Crippen LogP contribution in [0.4, 0.5) is 24.7 Å². The van der Waals surface area contributed by atoms with Crippen LogP contribution in [0.15, 0.2) is 23.5 Å². The van der Waals surface area contributed by atoms with Gasteiger partial charge in [-0.3, -0.25) is 0 Å². The Balaban J connectivity index is 1.90. The molecule has 1 aromatic heterocycles. The van der Waals surface area contributed by atoms with E-state index in [2.05, 4.69) is 38.0 Å². The van der Waals surface area contributed by atoms with Crippen molar-refractivity contribution in [2.24, 2.45) is 11.1 Å². The average Bonchev–Trinajstić information content (AvgIpc) is 3.39. The van der Waals surface area contributed by atoms with Crippen molar-refractivity contribution in [3.63, 3.8) is 0 Å². The van der Waals surface area contributed by atoms with E-state index in [-0.39, 0.29) is 11.3 Å². The lowest BCUT2D eigenvalue weighted by Crippen LogP contribution is -2.06. The van der Waals surface area contributed by atoms with Gasteiger partial charge in [-0.25, -0.2) is 18.2 Å². The normalized spacial score (nSPS) is 14.1. The van der Waals surface area contributed by atoms with Gasteiger partial charge in [0.25, 0.3) is 0 Å². The van der Waals surface area contributed by atoms with Crippen LogP contribution < -0.4 is 5.32 Å². The van der Waals surface area contributed by atoms with Gasteiger partial charge in [0.15, 0.2) is 17.5 Å². The van der Waals surface area contributed by atoms with Crippen molar-refractivity contribution in [1.82, 2.24) is 4.98 Å². The summed E-state index contributed by atoms with van der Waals surface area (Å²) in [6.07, 6.45) is 4.94. The number of nitrogens with zero attached hydrogens (tertiary/aromatic N) is 2. The van der Waals surface area contributed by atoms with Crippen LogP contribution in [0.3, 0.4) is 0 Å². The first kappa shape index (κ1) is 18.0. The second-order valence-corrected chi connectivity index (χ2v) is 7.11. The number of hydrogen-bond acceptors (Lipinski definition) is 4. The maximum atomic E-state index is 14.3. The molecule has 0 aliphatic heterocycles. The van der Waals surface area contributed by atoms with E-state index in [0.717, 1.165) is 28.0 Å². The lowest BCUT2D eigenvalue weighted by molar-refractivity contribution is 0.135. The van der Waals surface area contributed by atoms with Gasteiger partial charge in [0.1, 0.15) is 12.4 Å². The van der Waals surface area contributed by atoms with E-state index < -0.39 is 17.5 Å². The van der Waals surface area contributed by atoms with Crippen molar-refractivity contribution >= 4 is 40.3 Å². The molecule has 1 aromatic carbocycles. The molecule has 0 atom stereocenters. The number of aromatic nitrogens is 1. The molecule has 3 rings (SSSR count). The van der Waals surface area contributed by atoms with Gasteiger partial charge in [-0.2, -0.15) is 0 Å². The Bertz CT molecular complexity index is 825. The number of benzene rings is 1. The molecule has 132 valence electrons. The lowest BCUT2D eigenvalue weighted by Gasteiger charge is -2.13. The smallest absolute Gasteiger partial charge is 0.196 e. The molecule has 1 fully saturated rings. The van der Waals surface area contributed by atoms with Gasteiger partial charge in [-0.15, -0.1) is 0 Å². The molecule has 4 nitrogen and oxygen atoms in total. The second kappa shape index (κ2) is 7.59. The fraction of sp³-hybridized carbons (Fsp3) is 0.294. The minimum Gasteiger partial charge on any atom is -0.396 e. The van der Waals surface area contributed by atoms with Crippen molar-refractivity contribution < 1.29 is 18.0 Å². The fourth-order valence-corrected chi connectivity index (χ4v) is 2.77. The molecule has 1 aliphatic carbocycles. The van der Waals surface area contributed by atoms with Crippen LogP contribution in [-0.4, -0.2) is 17.8 Å². The van der Waals surface area contributed by atoms with Crippen molar-refractivity contribution in [3.05, 3.63) is 50.5 Å². The molecule has 1 aliphatic rings. The van der Waals surface area contributed by atoms with E-state index in [1.165, 1.54) is 6.21 Å². The van der Waals surface area contributed by atoms with Crippen molar-refractivity contribution in [1.29, 1.82) is 0 Å². The van der Waals surface area contributed by atoms with Crippen LogP contribution in [0.1, 0.15) is 24.0 Å². The predicted octanol–water partition coefficient (Wildman–Crippen LogP) is 4.92. The highest BCUT2D eigenvalue weighted by Gasteiger charge is 2.22. The third-order valence-electron chi connectivity index (χ3n) is 3.75. The van der Waals surface area contributed by atoms with E-state index >= 15 is 0 Å². The molecule has 0 bridgehead atoms. The zero-order valence-corrected chi connectivity index (χ0v) is 15.5. The zero-order valence-electron chi connectivity index (χ0n) is 13.3. The minimum atomic E-state index is -1.55. The molecule has 1 saturated carbocycles. The zero-order chi connectivity index (χ0) is 18.0. The van der Waals surface area contributed by atoms with Crippen LogP contribution in [-0.2, 0) is 4.84 Å². The number of hydrogen-bond donors (Lipinski definition) is 1. The standard InChI is InChI=1S/C17H15F3IN3O/c1-9-4-12(21)7-22-17(9)24-16-11(5-13(18)14(19)15(16)20)6-23-25-8-10-2-3-10/h4-7,10H,2-3,8H2,1H3,(H,22,24)/b23-6+. The molecule has 0 amide bonds. The first-order valence-electron chi connectivity index (χ1n) is 7.67. The Morgan fingerprint density at radius 1 is 1.32 bits per heavy atom. The maximum absolute atomic E-state index is 14.3. The highest BCUT2D eigenvalue weighted by Crippen LogP contribution is 2.30. The number of rotatable bonds is 6.